The molecule has 0 saturated heterocycles. The van der Waals surface area contributed by atoms with Gasteiger partial charge in [0.15, 0.2) is 0 Å². The van der Waals surface area contributed by atoms with Gasteiger partial charge >= 0.3 is 12.1 Å². The third-order valence-electron chi connectivity index (χ3n) is 6.34. The Hall–Kier alpha value is -3.94. The molecule has 4 aromatic rings. The summed E-state index contributed by atoms with van der Waals surface area (Å²) in [6.07, 6.45) is -0.887. The van der Waals surface area contributed by atoms with E-state index in [0.29, 0.717) is 27.3 Å². The van der Waals surface area contributed by atoms with Crippen LogP contribution in [0.1, 0.15) is 28.6 Å². The minimum Gasteiger partial charge on any atom is -0.484 e. The molecule has 1 aromatic heterocycles. The first-order chi connectivity index (χ1) is 18.4. The maximum absolute atomic E-state index is 12.6. The Kier molecular flexibility index (Phi) is 7.58. The Morgan fingerprint density at radius 2 is 1.55 bits per heavy atom. The van der Waals surface area contributed by atoms with Crippen molar-refractivity contribution >= 4 is 35.3 Å². The summed E-state index contributed by atoms with van der Waals surface area (Å²) in [5.41, 5.74) is 4.35. The monoisotopic (exact) mass is 551 g/mol. The molecule has 2 N–H and O–H groups in total. The lowest BCUT2D eigenvalue weighted by Crippen LogP contribution is -2.42. The average Bonchev–Trinajstić information content (AvgIpc) is 3.50. The van der Waals surface area contributed by atoms with Crippen molar-refractivity contribution in [2.24, 2.45) is 0 Å². The zero-order valence-corrected chi connectivity index (χ0v) is 21.5. The number of halogens is 2. The topological polar surface area (TPSA) is 98.0 Å². The maximum Gasteiger partial charge on any atom is 0.407 e. The van der Waals surface area contributed by atoms with Gasteiger partial charge in [0.05, 0.1) is 5.02 Å². The molecule has 38 heavy (non-hydrogen) atoms. The van der Waals surface area contributed by atoms with Gasteiger partial charge in [0, 0.05) is 12.3 Å². The van der Waals surface area contributed by atoms with Crippen molar-refractivity contribution < 1.29 is 28.6 Å². The molecule has 1 atom stereocenters. The second-order valence-corrected chi connectivity index (χ2v) is 9.56. The van der Waals surface area contributed by atoms with E-state index in [0.717, 1.165) is 22.3 Å². The number of carbonyl (C=O) groups excluding carboxylic acids is 1. The van der Waals surface area contributed by atoms with E-state index in [9.17, 15) is 14.7 Å². The highest BCUT2D eigenvalue weighted by molar-refractivity contribution is 6.42. The fourth-order valence-electron chi connectivity index (χ4n) is 4.54. The molecule has 0 fully saturated rings. The Morgan fingerprint density at radius 3 is 2.24 bits per heavy atom. The standard InChI is InChI=1S/C29H23Cl2NO6/c30-24-10-5-11-26(27(24)31)36-15-18-13-12-17(38-18)14-25(28(33)34)32-29(35)37-16-23-21-8-3-1-6-19(21)20-7-2-4-9-22(20)23/h1-13,23,25H,14-16H2,(H,32,35)(H,33,34). The van der Waals surface area contributed by atoms with E-state index < -0.39 is 18.1 Å². The number of ether oxygens (including phenoxy) is 2. The molecule has 0 aliphatic heterocycles. The van der Waals surface area contributed by atoms with E-state index in [1.54, 1.807) is 30.3 Å². The minimum atomic E-state index is -1.24. The lowest BCUT2D eigenvalue weighted by atomic mass is 9.98. The largest absolute Gasteiger partial charge is 0.484 e. The van der Waals surface area contributed by atoms with Crippen LogP contribution in [-0.4, -0.2) is 29.8 Å². The molecule has 0 bridgehead atoms. The number of benzene rings is 3. The second kappa shape index (κ2) is 11.2. The van der Waals surface area contributed by atoms with Crippen molar-refractivity contribution in [2.45, 2.75) is 25.0 Å². The van der Waals surface area contributed by atoms with Gasteiger partial charge in [-0.1, -0.05) is 77.8 Å². The average molecular weight is 552 g/mol. The minimum absolute atomic E-state index is 0.0671. The van der Waals surface area contributed by atoms with E-state index >= 15 is 0 Å². The van der Waals surface area contributed by atoms with Gasteiger partial charge in [0.1, 0.15) is 41.5 Å². The number of aliphatic carboxylic acids is 1. The molecule has 1 unspecified atom stereocenters. The van der Waals surface area contributed by atoms with Crippen LogP contribution in [-0.2, 0) is 22.6 Å². The highest BCUT2D eigenvalue weighted by Gasteiger charge is 2.30. The molecule has 0 radical (unpaired) electrons. The van der Waals surface area contributed by atoms with E-state index in [-0.39, 0.29) is 25.6 Å². The summed E-state index contributed by atoms with van der Waals surface area (Å²) in [6, 6.07) is 23.1. The molecule has 0 saturated carbocycles. The van der Waals surface area contributed by atoms with Crippen LogP contribution in [0.2, 0.25) is 10.0 Å². The molecule has 1 aliphatic carbocycles. The van der Waals surface area contributed by atoms with Gasteiger partial charge in [0.2, 0.25) is 0 Å². The number of furan rings is 1. The summed E-state index contributed by atoms with van der Waals surface area (Å²) in [6.45, 7) is 0.151. The predicted molar refractivity (Wildman–Crippen MR) is 143 cm³/mol. The Labute approximate surface area is 228 Å². The van der Waals surface area contributed by atoms with Crippen molar-refractivity contribution in [3.8, 4) is 16.9 Å². The lowest BCUT2D eigenvalue weighted by molar-refractivity contribution is -0.139. The zero-order chi connectivity index (χ0) is 26.6. The fourth-order valence-corrected chi connectivity index (χ4v) is 4.88. The van der Waals surface area contributed by atoms with Crippen molar-refractivity contribution in [3.63, 3.8) is 0 Å². The molecule has 1 heterocycles. The first-order valence-electron chi connectivity index (χ1n) is 11.9. The number of hydrogen-bond donors (Lipinski definition) is 2. The molecule has 9 heteroatoms. The van der Waals surface area contributed by atoms with E-state index in [1.807, 2.05) is 48.5 Å². The zero-order valence-electron chi connectivity index (χ0n) is 20.0. The number of fused-ring (bicyclic) bond motifs is 3. The quantitative estimate of drug-likeness (QED) is 0.240. The van der Waals surface area contributed by atoms with E-state index in [1.165, 1.54) is 0 Å². The summed E-state index contributed by atoms with van der Waals surface area (Å²) >= 11 is 12.1. The number of rotatable bonds is 9. The number of amides is 1. The highest BCUT2D eigenvalue weighted by Crippen LogP contribution is 2.44. The Balaban J connectivity index is 1.18. The Morgan fingerprint density at radius 1 is 0.895 bits per heavy atom. The Bertz CT molecular complexity index is 1440. The summed E-state index contributed by atoms with van der Waals surface area (Å²) in [5, 5.41) is 12.8. The van der Waals surface area contributed by atoms with Gasteiger partial charge in [-0.3, -0.25) is 0 Å². The van der Waals surface area contributed by atoms with Gasteiger partial charge in [-0.05, 0) is 46.5 Å². The van der Waals surface area contributed by atoms with Gasteiger partial charge in [0.25, 0.3) is 0 Å². The van der Waals surface area contributed by atoms with Gasteiger partial charge in [-0.15, -0.1) is 0 Å². The molecule has 5 rings (SSSR count). The molecule has 3 aromatic carbocycles. The smallest absolute Gasteiger partial charge is 0.407 e. The first kappa shape index (κ1) is 25.7. The van der Waals surface area contributed by atoms with Crippen LogP contribution in [0.15, 0.2) is 83.3 Å². The van der Waals surface area contributed by atoms with Crippen LogP contribution in [0.4, 0.5) is 4.79 Å². The van der Waals surface area contributed by atoms with Crippen molar-refractivity contribution in [3.05, 3.63) is 112 Å². The molecule has 1 aliphatic rings. The number of alkyl carbamates (subject to hydrolysis) is 1. The number of carboxylic acid groups (broad SMARTS) is 1. The molecule has 7 nitrogen and oxygen atoms in total. The summed E-state index contributed by atoms with van der Waals surface area (Å²) in [4.78, 5) is 24.4. The van der Waals surface area contributed by atoms with Gasteiger partial charge < -0.3 is 24.3 Å². The van der Waals surface area contributed by atoms with E-state index in [4.69, 9.17) is 37.1 Å². The number of nitrogens with one attached hydrogen (secondary N) is 1. The van der Waals surface area contributed by atoms with Crippen molar-refractivity contribution in [2.75, 3.05) is 6.61 Å². The second-order valence-electron chi connectivity index (χ2n) is 8.77. The van der Waals surface area contributed by atoms with Crippen molar-refractivity contribution in [1.82, 2.24) is 5.32 Å². The lowest BCUT2D eigenvalue weighted by Gasteiger charge is -2.17. The third-order valence-corrected chi connectivity index (χ3v) is 7.14. The molecular weight excluding hydrogens is 529 g/mol. The molecule has 1 amide bonds. The maximum atomic E-state index is 12.6. The first-order valence-corrected chi connectivity index (χ1v) is 12.6. The van der Waals surface area contributed by atoms with Crippen LogP contribution in [0.5, 0.6) is 5.75 Å². The van der Waals surface area contributed by atoms with Crippen molar-refractivity contribution in [1.29, 1.82) is 0 Å². The van der Waals surface area contributed by atoms with Crippen LogP contribution >= 0.6 is 23.2 Å². The van der Waals surface area contributed by atoms with Crippen LogP contribution < -0.4 is 10.1 Å². The summed E-state index contributed by atoms with van der Waals surface area (Å²) in [5.74, 6) is -0.110. The molecular formula is C29H23Cl2NO6. The predicted octanol–water partition coefficient (Wildman–Crippen LogP) is 6.70. The SMILES string of the molecule is O=C(NC(Cc1ccc(COc2cccc(Cl)c2Cl)o1)C(=O)O)OCC1c2ccccc2-c2ccccc21. The third kappa shape index (κ3) is 5.49. The summed E-state index contributed by atoms with van der Waals surface area (Å²) < 4.78 is 16.8. The molecule has 194 valence electrons. The van der Waals surface area contributed by atoms with E-state index in [2.05, 4.69) is 5.32 Å². The summed E-state index contributed by atoms with van der Waals surface area (Å²) in [7, 11) is 0. The number of hydrogen-bond acceptors (Lipinski definition) is 5. The molecule has 0 spiro atoms. The van der Waals surface area contributed by atoms with Crippen LogP contribution in [0.25, 0.3) is 11.1 Å². The number of carbonyl (C=O) groups is 2. The van der Waals surface area contributed by atoms with Crippen LogP contribution in [0.3, 0.4) is 0 Å². The highest BCUT2D eigenvalue weighted by atomic mass is 35.5. The number of carboxylic acids is 1. The van der Waals surface area contributed by atoms with Gasteiger partial charge in [-0.25, -0.2) is 9.59 Å². The fraction of sp³-hybridized carbons (Fsp3) is 0.172. The van der Waals surface area contributed by atoms with Crippen LogP contribution in [0, 0.1) is 0 Å². The normalized spacial score (nSPS) is 12.9. The van der Waals surface area contributed by atoms with Gasteiger partial charge in [-0.2, -0.15) is 0 Å².